The third kappa shape index (κ3) is 5.38. The number of nitrogens with two attached hydrogens (primary N) is 2. The zero-order valence-corrected chi connectivity index (χ0v) is 13.1. The second-order valence-electron chi connectivity index (χ2n) is 4.26. The van der Waals surface area contributed by atoms with Crippen molar-refractivity contribution in [1.82, 2.24) is 4.72 Å². The van der Waals surface area contributed by atoms with Gasteiger partial charge in [-0.25, -0.2) is 13.1 Å². The van der Waals surface area contributed by atoms with E-state index in [4.69, 9.17) is 28.4 Å². The molecule has 0 fully saturated rings. The van der Waals surface area contributed by atoms with E-state index in [-0.39, 0.29) is 29.6 Å². The molecule has 0 aliphatic carbocycles. The highest BCUT2D eigenvalue weighted by molar-refractivity contribution is 7.89. The average Bonchev–Trinajstić information content (AvgIpc) is 2.37. The van der Waals surface area contributed by atoms with E-state index in [0.717, 1.165) is 0 Å². The molecular weight excluding hydrogens is 314 g/mol. The summed E-state index contributed by atoms with van der Waals surface area (Å²) in [5.41, 5.74) is 11.7. The number of primary amides is 1. The quantitative estimate of drug-likeness (QED) is 0.432. The van der Waals surface area contributed by atoms with E-state index in [1.165, 1.54) is 12.1 Å². The first-order chi connectivity index (χ1) is 9.74. The predicted octanol–water partition coefficient (Wildman–Crippen LogP) is -0.591. The van der Waals surface area contributed by atoms with Gasteiger partial charge in [-0.2, -0.15) is 0 Å². The Morgan fingerprint density at radius 2 is 2.05 bits per heavy atom. The monoisotopic (exact) mass is 331 g/mol. The molecule has 1 rings (SSSR count). The van der Waals surface area contributed by atoms with Crippen molar-refractivity contribution in [2.75, 3.05) is 19.8 Å². The van der Waals surface area contributed by atoms with Gasteiger partial charge >= 0.3 is 0 Å². The molecule has 0 saturated heterocycles. The van der Waals surface area contributed by atoms with Crippen molar-refractivity contribution >= 4 is 33.1 Å². The maximum absolute atomic E-state index is 12.0. The Labute approximate surface area is 128 Å². The number of amides is 1. The number of rotatable bonds is 8. The third-order valence-corrected chi connectivity index (χ3v) is 4.24. The van der Waals surface area contributed by atoms with Gasteiger partial charge in [0.2, 0.25) is 15.9 Å². The lowest BCUT2D eigenvalue weighted by Crippen LogP contribution is -2.29. The van der Waals surface area contributed by atoms with Crippen LogP contribution in [0.5, 0.6) is 0 Å². The van der Waals surface area contributed by atoms with Gasteiger partial charge in [-0.3, -0.25) is 4.79 Å². The van der Waals surface area contributed by atoms with E-state index in [0.29, 0.717) is 11.1 Å². The number of ether oxygens (including phenoxy) is 1. The van der Waals surface area contributed by atoms with Crippen LogP contribution in [0.25, 0.3) is 0 Å². The minimum atomic E-state index is -3.66. The lowest BCUT2D eigenvalue weighted by atomic mass is 10.1. The summed E-state index contributed by atoms with van der Waals surface area (Å²) in [5, 5.41) is 0. The van der Waals surface area contributed by atoms with Crippen LogP contribution in [0, 0.1) is 6.92 Å². The summed E-state index contributed by atoms with van der Waals surface area (Å²) in [6, 6.07) is 4.48. The molecule has 1 amide bonds. The Kier molecular flexibility index (Phi) is 6.21. The van der Waals surface area contributed by atoms with E-state index in [1.807, 2.05) is 0 Å². The van der Waals surface area contributed by atoms with Crippen LogP contribution in [-0.2, 0) is 19.6 Å². The number of carbonyl (C=O) groups is 1. The summed E-state index contributed by atoms with van der Waals surface area (Å²) in [5.74, 6) is -0.609. The lowest BCUT2D eigenvalue weighted by Gasteiger charge is -2.09. The number of sulfonamides is 1. The summed E-state index contributed by atoms with van der Waals surface area (Å²) in [7, 11) is -3.66. The third-order valence-electron chi connectivity index (χ3n) is 2.56. The summed E-state index contributed by atoms with van der Waals surface area (Å²) in [6.45, 7) is 1.56. The topological polar surface area (TPSA) is 125 Å². The Balaban J connectivity index is 2.68. The van der Waals surface area contributed by atoms with Crippen molar-refractivity contribution in [2.45, 2.75) is 11.8 Å². The van der Waals surface area contributed by atoms with Crippen LogP contribution in [0.15, 0.2) is 23.1 Å². The largest absolute Gasteiger partial charge is 0.389 e. The van der Waals surface area contributed by atoms with Gasteiger partial charge < -0.3 is 16.2 Å². The van der Waals surface area contributed by atoms with Crippen LogP contribution < -0.4 is 16.2 Å². The van der Waals surface area contributed by atoms with Crippen molar-refractivity contribution in [3.8, 4) is 0 Å². The maximum atomic E-state index is 12.0. The molecule has 7 nitrogen and oxygen atoms in total. The van der Waals surface area contributed by atoms with E-state index >= 15 is 0 Å². The van der Waals surface area contributed by atoms with Crippen molar-refractivity contribution in [3.63, 3.8) is 0 Å². The first-order valence-electron chi connectivity index (χ1n) is 6.00. The van der Waals surface area contributed by atoms with E-state index in [1.54, 1.807) is 13.0 Å². The molecule has 5 N–H and O–H groups in total. The molecular formula is C12H17N3O4S2. The van der Waals surface area contributed by atoms with Crippen LogP contribution in [0.1, 0.15) is 11.1 Å². The minimum absolute atomic E-state index is 0.0334. The fourth-order valence-electron chi connectivity index (χ4n) is 1.58. The van der Waals surface area contributed by atoms with Crippen LogP contribution in [0.2, 0.25) is 0 Å². The first-order valence-corrected chi connectivity index (χ1v) is 7.89. The Bertz CT molecular complexity index is 644. The van der Waals surface area contributed by atoms with Gasteiger partial charge in [0.1, 0.15) is 11.6 Å². The van der Waals surface area contributed by atoms with Crippen LogP contribution in [-0.4, -0.2) is 39.1 Å². The van der Waals surface area contributed by atoms with Crippen molar-refractivity contribution in [3.05, 3.63) is 29.3 Å². The Morgan fingerprint density at radius 3 is 2.57 bits per heavy atom. The molecule has 0 aromatic heterocycles. The normalized spacial score (nSPS) is 11.3. The second kappa shape index (κ2) is 7.46. The molecule has 0 aliphatic heterocycles. The summed E-state index contributed by atoms with van der Waals surface area (Å²) >= 11 is 4.86. The molecule has 0 atom stereocenters. The lowest BCUT2D eigenvalue weighted by molar-refractivity contribution is -0.122. The van der Waals surface area contributed by atoms with Gasteiger partial charge in [-0.05, 0) is 24.6 Å². The van der Waals surface area contributed by atoms with Gasteiger partial charge in [-0.1, -0.05) is 18.3 Å². The number of hydrogen-bond acceptors (Lipinski definition) is 5. The zero-order valence-electron chi connectivity index (χ0n) is 11.5. The fraction of sp³-hybridized carbons (Fsp3) is 0.333. The molecule has 1 aromatic carbocycles. The molecule has 0 bridgehead atoms. The highest BCUT2D eigenvalue weighted by Gasteiger charge is 2.15. The van der Waals surface area contributed by atoms with Gasteiger partial charge in [-0.15, -0.1) is 0 Å². The molecule has 0 saturated carbocycles. The number of carbonyl (C=O) groups excluding carboxylic acids is 1. The van der Waals surface area contributed by atoms with Crippen LogP contribution >= 0.6 is 12.2 Å². The smallest absolute Gasteiger partial charge is 0.243 e. The number of nitrogens with one attached hydrogen (secondary N) is 1. The molecule has 0 aliphatic rings. The van der Waals surface area contributed by atoms with E-state index < -0.39 is 15.9 Å². The molecule has 0 unspecified atom stereocenters. The standard InChI is InChI=1S/C12H17N3O4S2/c1-8-6-9(2-3-10(8)12(14)20)21(17,18)15-4-5-19-7-11(13)16/h2-3,6,15H,4-5,7H2,1H3,(H2,13,16)(H2,14,20). The number of thiocarbonyl (C=S) groups is 1. The number of benzene rings is 1. The highest BCUT2D eigenvalue weighted by Crippen LogP contribution is 2.15. The molecule has 0 spiro atoms. The van der Waals surface area contributed by atoms with Gasteiger partial charge in [0, 0.05) is 12.1 Å². The SMILES string of the molecule is Cc1cc(S(=O)(=O)NCCOCC(N)=O)ccc1C(N)=S. The summed E-state index contributed by atoms with van der Waals surface area (Å²) in [6.07, 6.45) is 0. The average molecular weight is 331 g/mol. The highest BCUT2D eigenvalue weighted by atomic mass is 32.2. The minimum Gasteiger partial charge on any atom is -0.389 e. The van der Waals surface area contributed by atoms with Crippen molar-refractivity contribution in [1.29, 1.82) is 0 Å². The van der Waals surface area contributed by atoms with Gasteiger partial charge in [0.05, 0.1) is 11.5 Å². The predicted molar refractivity (Wildman–Crippen MR) is 82.3 cm³/mol. The molecule has 1 aromatic rings. The number of aryl methyl sites for hydroxylation is 1. The van der Waals surface area contributed by atoms with Crippen molar-refractivity contribution < 1.29 is 17.9 Å². The first kappa shape index (κ1) is 17.5. The van der Waals surface area contributed by atoms with Crippen LogP contribution in [0.4, 0.5) is 0 Å². The Morgan fingerprint density at radius 1 is 1.38 bits per heavy atom. The van der Waals surface area contributed by atoms with Gasteiger partial charge in [0.25, 0.3) is 0 Å². The molecule has 0 heterocycles. The molecule has 116 valence electrons. The summed E-state index contributed by atoms with van der Waals surface area (Å²) in [4.78, 5) is 10.8. The van der Waals surface area contributed by atoms with Crippen molar-refractivity contribution in [2.24, 2.45) is 11.5 Å². The Hall–Kier alpha value is -1.55. The molecule has 9 heteroatoms. The molecule has 0 radical (unpaired) electrons. The van der Waals surface area contributed by atoms with Gasteiger partial charge in [0.15, 0.2) is 0 Å². The second-order valence-corrected chi connectivity index (χ2v) is 6.46. The maximum Gasteiger partial charge on any atom is 0.243 e. The zero-order chi connectivity index (χ0) is 16.0. The fourth-order valence-corrected chi connectivity index (χ4v) is 2.91. The van der Waals surface area contributed by atoms with E-state index in [9.17, 15) is 13.2 Å². The van der Waals surface area contributed by atoms with E-state index in [2.05, 4.69) is 4.72 Å². The molecule has 21 heavy (non-hydrogen) atoms. The summed E-state index contributed by atoms with van der Waals surface area (Å²) < 4.78 is 31.3. The van der Waals surface area contributed by atoms with Crippen LogP contribution in [0.3, 0.4) is 0 Å². The number of hydrogen-bond donors (Lipinski definition) is 3.